The SMILES string of the molecule is CCC(C)C(=O)OC(C)C(=O)OCOC(=O)C(C)OC(=O)C(C)OC. The molecular formula is C16H26O9. The maximum Gasteiger partial charge on any atom is 0.350 e. The van der Waals surface area contributed by atoms with Gasteiger partial charge in [0.25, 0.3) is 0 Å². The molecule has 0 spiro atoms. The Morgan fingerprint density at radius 3 is 1.56 bits per heavy atom. The molecule has 0 aliphatic carbocycles. The molecule has 4 unspecified atom stereocenters. The number of hydrogen-bond acceptors (Lipinski definition) is 9. The zero-order valence-corrected chi connectivity index (χ0v) is 15.4. The highest BCUT2D eigenvalue weighted by Crippen LogP contribution is 2.07. The van der Waals surface area contributed by atoms with E-state index in [0.29, 0.717) is 6.42 Å². The molecule has 0 aromatic carbocycles. The molecule has 0 fully saturated rings. The second kappa shape index (κ2) is 11.4. The van der Waals surface area contributed by atoms with Gasteiger partial charge in [0.2, 0.25) is 6.79 Å². The van der Waals surface area contributed by atoms with Gasteiger partial charge in [-0.1, -0.05) is 13.8 Å². The van der Waals surface area contributed by atoms with E-state index in [-0.39, 0.29) is 5.92 Å². The Labute approximate surface area is 146 Å². The van der Waals surface area contributed by atoms with Gasteiger partial charge in [-0.3, -0.25) is 4.79 Å². The summed E-state index contributed by atoms with van der Waals surface area (Å²) in [6.07, 6.45) is -2.56. The summed E-state index contributed by atoms with van der Waals surface area (Å²) in [6.45, 7) is 6.92. The molecule has 9 heteroatoms. The molecule has 0 radical (unpaired) electrons. The molecule has 0 saturated heterocycles. The molecule has 0 N–H and O–H groups in total. The van der Waals surface area contributed by atoms with Crippen molar-refractivity contribution in [2.75, 3.05) is 13.9 Å². The minimum absolute atomic E-state index is 0.335. The third kappa shape index (κ3) is 8.48. The van der Waals surface area contributed by atoms with Gasteiger partial charge in [0, 0.05) is 7.11 Å². The Morgan fingerprint density at radius 1 is 0.720 bits per heavy atom. The summed E-state index contributed by atoms with van der Waals surface area (Å²) in [5.74, 6) is -3.33. The number of carbonyl (C=O) groups is 4. The van der Waals surface area contributed by atoms with Crippen molar-refractivity contribution in [2.45, 2.75) is 59.4 Å². The van der Waals surface area contributed by atoms with E-state index in [0.717, 1.165) is 0 Å². The van der Waals surface area contributed by atoms with E-state index in [9.17, 15) is 19.2 Å². The molecule has 0 rings (SSSR count). The smallest absolute Gasteiger partial charge is 0.350 e. The van der Waals surface area contributed by atoms with Crippen molar-refractivity contribution in [1.29, 1.82) is 0 Å². The van der Waals surface area contributed by atoms with Crippen LogP contribution in [0.5, 0.6) is 0 Å². The predicted molar refractivity (Wildman–Crippen MR) is 84.1 cm³/mol. The van der Waals surface area contributed by atoms with Gasteiger partial charge >= 0.3 is 23.9 Å². The number of esters is 4. The van der Waals surface area contributed by atoms with Gasteiger partial charge in [0.1, 0.15) is 0 Å². The zero-order chi connectivity index (χ0) is 19.6. The lowest BCUT2D eigenvalue weighted by Gasteiger charge is -2.17. The van der Waals surface area contributed by atoms with Crippen LogP contribution in [0.1, 0.15) is 41.0 Å². The van der Waals surface area contributed by atoms with E-state index in [2.05, 4.69) is 9.47 Å². The Balaban J connectivity index is 4.20. The molecule has 25 heavy (non-hydrogen) atoms. The standard InChI is InChI=1S/C16H26O9/c1-7-9(2)13(17)24-11(4)14(18)22-8-23-15(19)12(5)25-16(20)10(3)21-6/h9-12H,7-8H2,1-6H3. The number of rotatable bonds is 10. The summed E-state index contributed by atoms with van der Waals surface area (Å²) < 4.78 is 23.8. The van der Waals surface area contributed by atoms with Crippen LogP contribution in [0.15, 0.2) is 0 Å². The van der Waals surface area contributed by atoms with Gasteiger partial charge in [0.05, 0.1) is 5.92 Å². The lowest BCUT2D eigenvalue weighted by atomic mass is 10.1. The zero-order valence-electron chi connectivity index (χ0n) is 15.4. The molecule has 0 bridgehead atoms. The highest BCUT2D eigenvalue weighted by atomic mass is 16.7. The van der Waals surface area contributed by atoms with Crippen LogP contribution >= 0.6 is 0 Å². The van der Waals surface area contributed by atoms with E-state index in [4.69, 9.17) is 14.2 Å². The van der Waals surface area contributed by atoms with Crippen LogP contribution in [0.2, 0.25) is 0 Å². The summed E-state index contributed by atoms with van der Waals surface area (Å²) in [5.41, 5.74) is 0. The number of methoxy groups -OCH3 is 1. The molecule has 0 saturated carbocycles. The number of hydrogen-bond donors (Lipinski definition) is 0. The van der Waals surface area contributed by atoms with Crippen LogP contribution in [0, 0.1) is 5.92 Å². The van der Waals surface area contributed by atoms with E-state index in [1.54, 1.807) is 6.92 Å². The van der Waals surface area contributed by atoms with Crippen molar-refractivity contribution in [3.63, 3.8) is 0 Å². The monoisotopic (exact) mass is 362 g/mol. The summed E-state index contributed by atoms with van der Waals surface area (Å²) in [5, 5.41) is 0. The van der Waals surface area contributed by atoms with Crippen LogP contribution in [0.3, 0.4) is 0 Å². The van der Waals surface area contributed by atoms with Crippen LogP contribution in [0.4, 0.5) is 0 Å². The van der Waals surface area contributed by atoms with Crippen molar-refractivity contribution in [3.05, 3.63) is 0 Å². The van der Waals surface area contributed by atoms with E-state index >= 15 is 0 Å². The average Bonchev–Trinajstić information content (AvgIpc) is 2.59. The highest BCUT2D eigenvalue weighted by Gasteiger charge is 2.25. The maximum absolute atomic E-state index is 11.7. The molecule has 0 aromatic heterocycles. The Bertz CT molecular complexity index is 432. The van der Waals surface area contributed by atoms with Crippen LogP contribution in [0.25, 0.3) is 0 Å². The Morgan fingerprint density at radius 2 is 1.16 bits per heavy atom. The molecule has 0 heterocycles. The van der Waals surface area contributed by atoms with Crippen LogP contribution in [-0.2, 0) is 42.9 Å². The van der Waals surface area contributed by atoms with Crippen molar-refractivity contribution in [2.24, 2.45) is 5.92 Å². The molecule has 9 nitrogen and oxygen atoms in total. The first kappa shape index (κ1) is 22.8. The number of ether oxygens (including phenoxy) is 5. The fourth-order valence-corrected chi connectivity index (χ4v) is 1.30. The first-order valence-electron chi connectivity index (χ1n) is 7.91. The minimum Gasteiger partial charge on any atom is -0.450 e. The second-order valence-electron chi connectivity index (χ2n) is 5.39. The third-order valence-electron chi connectivity index (χ3n) is 3.35. The molecule has 0 aliphatic rings. The Kier molecular flexibility index (Phi) is 10.4. The molecule has 144 valence electrons. The largest absolute Gasteiger partial charge is 0.450 e. The lowest BCUT2D eigenvalue weighted by Crippen LogP contribution is -2.33. The first-order chi connectivity index (χ1) is 11.6. The van der Waals surface area contributed by atoms with Crippen molar-refractivity contribution in [1.82, 2.24) is 0 Å². The second-order valence-corrected chi connectivity index (χ2v) is 5.39. The predicted octanol–water partition coefficient (Wildman–Crippen LogP) is 0.975. The van der Waals surface area contributed by atoms with Gasteiger partial charge in [-0.15, -0.1) is 0 Å². The highest BCUT2D eigenvalue weighted by molar-refractivity contribution is 5.81. The van der Waals surface area contributed by atoms with E-state index < -0.39 is 49.0 Å². The van der Waals surface area contributed by atoms with E-state index in [1.807, 2.05) is 6.92 Å². The van der Waals surface area contributed by atoms with Crippen molar-refractivity contribution >= 4 is 23.9 Å². The Hall–Kier alpha value is -2.16. The minimum atomic E-state index is -1.19. The lowest BCUT2D eigenvalue weighted by molar-refractivity contribution is -0.187. The van der Waals surface area contributed by atoms with Crippen molar-refractivity contribution < 1.29 is 42.9 Å². The molecule has 0 aromatic rings. The summed E-state index contributed by atoms with van der Waals surface area (Å²) in [6, 6.07) is 0. The average molecular weight is 362 g/mol. The quantitative estimate of drug-likeness (QED) is 0.318. The third-order valence-corrected chi connectivity index (χ3v) is 3.35. The molecule has 0 aliphatic heterocycles. The van der Waals surface area contributed by atoms with E-state index in [1.165, 1.54) is 27.9 Å². The summed E-state index contributed by atoms with van der Waals surface area (Å²) >= 11 is 0. The van der Waals surface area contributed by atoms with Crippen LogP contribution in [-0.4, -0.2) is 56.1 Å². The normalized spacial score (nSPS) is 15.3. The fraction of sp³-hybridized carbons (Fsp3) is 0.750. The van der Waals surface area contributed by atoms with Gasteiger partial charge in [0.15, 0.2) is 18.3 Å². The fourth-order valence-electron chi connectivity index (χ4n) is 1.30. The topological polar surface area (TPSA) is 114 Å². The number of carbonyl (C=O) groups excluding carboxylic acids is 4. The van der Waals surface area contributed by atoms with Gasteiger partial charge in [-0.2, -0.15) is 0 Å². The molecular weight excluding hydrogens is 336 g/mol. The van der Waals surface area contributed by atoms with Crippen molar-refractivity contribution in [3.8, 4) is 0 Å². The van der Waals surface area contributed by atoms with Gasteiger partial charge < -0.3 is 23.7 Å². The molecule has 0 amide bonds. The van der Waals surface area contributed by atoms with Gasteiger partial charge in [-0.25, -0.2) is 14.4 Å². The summed E-state index contributed by atoms with van der Waals surface area (Å²) in [7, 11) is 1.32. The first-order valence-corrected chi connectivity index (χ1v) is 7.91. The molecule has 4 atom stereocenters. The maximum atomic E-state index is 11.7. The summed E-state index contributed by atoms with van der Waals surface area (Å²) in [4.78, 5) is 46.3. The van der Waals surface area contributed by atoms with Gasteiger partial charge in [-0.05, 0) is 27.2 Å². The van der Waals surface area contributed by atoms with Crippen LogP contribution < -0.4 is 0 Å².